The summed E-state index contributed by atoms with van der Waals surface area (Å²) in [5.74, 6) is 5.65. The van der Waals surface area contributed by atoms with E-state index in [4.69, 9.17) is 5.73 Å². The molecule has 0 heterocycles. The molecule has 0 unspecified atom stereocenters. The van der Waals surface area contributed by atoms with Gasteiger partial charge in [0.1, 0.15) is 5.82 Å². The van der Waals surface area contributed by atoms with Gasteiger partial charge in [0.25, 0.3) is 0 Å². The summed E-state index contributed by atoms with van der Waals surface area (Å²) in [6.45, 7) is 2.50. The number of rotatable bonds is 2. The Hall–Kier alpha value is -1.33. The number of aryl methyl sites for hydroxylation is 1. The van der Waals surface area contributed by atoms with Crippen molar-refractivity contribution in [2.45, 2.75) is 19.8 Å². The van der Waals surface area contributed by atoms with E-state index in [9.17, 15) is 4.39 Å². The Kier molecular flexibility index (Phi) is 4.15. The molecule has 2 N–H and O–H groups in total. The van der Waals surface area contributed by atoms with Gasteiger partial charge in [-0.15, -0.1) is 0 Å². The minimum absolute atomic E-state index is 0.229. The monoisotopic (exact) mass is 191 g/mol. The molecule has 2 heteroatoms. The fourth-order valence-corrected chi connectivity index (χ4v) is 1.16. The first kappa shape index (κ1) is 10.7. The zero-order valence-corrected chi connectivity index (χ0v) is 8.31. The molecule has 14 heavy (non-hydrogen) atoms. The van der Waals surface area contributed by atoms with Crippen molar-refractivity contribution in [1.82, 2.24) is 0 Å². The minimum atomic E-state index is -0.229. The van der Waals surface area contributed by atoms with E-state index in [1.54, 1.807) is 0 Å². The van der Waals surface area contributed by atoms with E-state index in [1.165, 1.54) is 12.1 Å². The molecule has 0 atom stereocenters. The zero-order chi connectivity index (χ0) is 10.4. The number of hydrogen-bond donors (Lipinski definition) is 1. The van der Waals surface area contributed by atoms with E-state index in [0.29, 0.717) is 6.54 Å². The molecule has 74 valence electrons. The first-order valence-corrected chi connectivity index (χ1v) is 4.68. The Labute approximate surface area is 84.1 Å². The molecule has 0 saturated carbocycles. The van der Waals surface area contributed by atoms with Crippen molar-refractivity contribution in [3.8, 4) is 11.8 Å². The summed E-state index contributed by atoms with van der Waals surface area (Å²) in [7, 11) is 0. The smallest absolute Gasteiger partial charge is 0.124 e. The molecule has 1 rings (SSSR count). The standard InChI is InChI=1S/C12H14FN/c1-10-7-11(9-12(13)8-10)5-3-2-4-6-14/h7-9H,2,4,6,14H2,1H3. The van der Waals surface area contributed by atoms with Crippen LogP contribution in [0, 0.1) is 24.6 Å². The predicted molar refractivity (Wildman–Crippen MR) is 56.3 cm³/mol. The van der Waals surface area contributed by atoms with Crippen molar-refractivity contribution in [3.05, 3.63) is 35.1 Å². The summed E-state index contributed by atoms with van der Waals surface area (Å²) in [5, 5.41) is 0. The van der Waals surface area contributed by atoms with Gasteiger partial charge in [-0.2, -0.15) is 0 Å². The topological polar surface area (TPSA) is 26.0 Å². The van der Waals surface area contributed by atoms with Gasteiger partial charge in [0.15, 0.2) is 0 Å². The molecule has 1 nitrogen and oxygen atoms in total. The lowest BCUT2D eigenvalue weighted by Crippen LogP contribution is -1.96. The lowest BCUT2D eigenvalue weighted by Gasteiger charge is -1.94. The maximum Gasteiger partial charge on any atom is 0.124 e. The minimum Gasteiger partial charge on any atom is -0.330 e. The van der Waals surface area contributed by atoms with Crippen LogP contribution < -0.4 is 5.73 Å². The van der Waals surface area contributed by atoms with E-state index >= 15 is 0 Å². The van der Waals surface area contributed by atoms with E-state index in [-0.39, 0.29) is 5.82 Å². The SMILES string of the molecule is Cc1cc(F)cc(C#CCCCN)c1. The van der Waals surface area contributed by atoms with Gasteiger partial charge in [-0.1, -0.05) is 11.8 Å². The summed E-state index contributed by atoms with van der Waals surface area (Å²) in [6, 6.07) is 4.81. The van der Waals surface area contributed by atoms with Gasteiger partial charge in [-0.25, -0.2) is 4.39 Å². The van der Waals surface area contributed by atoms with Crippen LogP contribution in [0.4, 0.5) is 4.39 Å². The molecule has 0 saturated heterocycles. The Bertz CT molecular complexity index is 340. The molecule has 0 aromatic heterocycles. The van der Waals surface area contributed by atoms with E-state index in [2.05, 4.69) is 11.8 Å². The second-order valence-corrected chi connectivity index (χ2v) is 3.21. The van der Waals surface area contributed by atoms with Crippen molar-refractivity contribution >= 4 is 0 Å². The normalized spacial score (nSPS) is 9.36. The van der Waals surface area contributed by atoms with Crippen LogP contribution in [-0.4, -0.2) is 6.54 Å². The van der Waals surface area contributed by atoms with Crippen LogP contribution in [0.5, 0.6) is 0 Å². The van der Waals surface area contributed by atoms with Crippen LogP contribution in [-0.2, 0) is 0 Å². The van der Waals surface area contributed by atoms with Gasteiger partial charge in [0.2, 0.25) is 0 Å². The second-order valence-electron chi connectivity index (χ2n) is 3.21. The Morgan fingerprint density at radius 1 is 1.36 bits per heavy atom. The molecule has 0 aliphatic rings. The van der Waals surface area contributed by atoms with E-state index in [1.807, 2.05) is 13.0 Å². The summed E-state index contributed by atoms with van der Waals surface area (Å²) < 4.78 is 12.9. The molecule has 0 spiro atoms. The third-order valence-electron chi connectivity index (χ3n) is 1.78. The van der Waals surface area contributed by atoms with Crippen molar-refractivity contribution in [2.24, 2.45) is 5.73 Å². The van der Waals surface area contributed by atoms with Gasteiger partial charge in [-0.05, 0) is 43.7 Å². The van der Waals surface area contributed by atoms with Crippen molar-refractivity contribution in [2.75, 3.05) is 6.54 Å². The first-order valence-electron chi connectivity index (χ1n) is 4.68. The largest absolute Gasteiger partial charge is 0.330 e. The van der Waals surface area contributed by atoms with E-state index < -0.39 is 0 Å². The van der Waals surface area contributed by atoms with Crippen molar-refractivity contribution in [1.29, 1.82) is 0 Å². The van der Waals surface area contributed by atoms with Gasteiger partial charge in [0.05, 0.1) is 0 Å². The fourth-order valence-electron chi connectivity index (χ4n) is 1.16. The highest BCUT2D eigenvalue weighted by Gasteiger charge is 1.93. The quantitative estimate of drug-likeness (QED) is 0.563. The number of hydrogen-bond acceptors (Lipinski definition) is 1. The number of benzene rings is 1. The zero-order valence-electron chi connectivity index (χ0n) is 8.31. The maximum atomic E-state index is 12.9. The van der Waals surface area contributed by atoms with Crippen LogP contribution in [0.15, 0.2) is 18.2 Å². The Balaban J connectivity index is 2.69. The summed E-state index contributed by atoms with van der Waals surface area (Å²) in [5.41, 5.74) is 6.96. The molecule has 0 amide bonds. The third kappa shape index (κ3) is 3.59. The number of halogens is 1. The first-order chi connectivity index (χ1) is 6.72. The van der Waals surface area contributed by atoms with Gasteiger partial charge in [0, 0.05) is 12.0 Å². The fraction of sp³-hybridized carbons (Fsp3) is 0.333. The Morgan fingerprint density at radius 2 is 2.14 bits per heavy atom. The molecular weight excluding hydrogens is 177 g/mol. The average molecular weight is 191 g/mol. The summed E-state index contributed by atoms with van der Waals surface area (Å²) in [4.78, 5) is 0. The number of unbranched alkanes of at least 4 members (excludes halogenated alkanes) is 1. The predicted octanol–water partition coefficient (Wildman–Crippen LogP) is 2.22. The highest BCUT2D eigenvalue weighted by molar-refractivity contribution is 5.37. The summed E-state index contributed by atoms with van der Waals surface area (Å²) in [6.07, 6.45) is 1.66. The maximum absolute atomic E-state index is 12.9. The highest BCUT2D eigenvalue weighted by atomic mass is 19.1. The van der Waals surface area contributed by atoms with Crippen molar-refractivity contribution < 1.29 is 4.39 Å². The molecule has 0 fully saturated rings. The highest BCUT2D eigenvalue weighted by Crippen LogP contribution is 2.06. The molecule has 0 aliphatic carbocycles. The van der Waals surface area contributed by atoms with Gasteiger partial charge >= 0.3 is 0 Å². The molecule has 0 bridgehead atoms. The molecule has 0 aliphatic heterocycles. The molecule has 0 radical (unpaired) electrons. The van der Waals surface area contributed by atoms with Crippen LogP contribution in [0.25, 0.3) is 0 Å². The average Bonchev–Trinajstić information content (AvgIpc) is 2.11. The van der Waals surface area contributed by atoms with Gasteiger partial charge < -0.3 is 5.73 Å². The molecule has 1 aromatic rings. The van der Waals surface area contributed by atoms with Crippen LogP contribution in [0.1, 0.15) is 24.0 Å². The Morgan fingerprint density at radius 3 is 2.79 bits per heavy atom. The molecular formula is C12H14FN. The van der Waals surface area contributed by atoms with Crippen LogP contribution in [0.3, 0.4) is 0 Å². The van der Waals surface area contributed by atoms with Crippen LogP contribution >= 0.6 is 0 Å². The lowest BCUT2D eigenvalue weighted by molar-refractivity contribution is 0.626. The van der Waals surface area contributed by atoms with Crippen LogP contribution in [0.2, 0.25) is 0 Å². The van der Waals surface area contributed by atoms with Gasteiger partial charge in [-0.3, -0.25) is 0 Å². The second kappa shape index (κ2) is 5.41. The summed E-state index contributed by atoms with van der Waals surface area (Å²) >= 11 is 0. The van der Waals surface area contributed by atoms with Crippen molar-refractivity contribution in [3.63, 3.8) is 0 Å². The number of nitrogens with two attached hydrogens (primary N) is 1. The third-order valence-corrected chi connectivity index (χ3v) is 1.78. The molecule has 1 aromatic carbocycles. The lowest BCUT2D eigenvalue weighted by atomic mass is 10.1. The van der Waals surface area contributed by atoms with E-state index in [0.717, 1.165) is 24.0 Å².